The molecule has 0 aromatic heterocycles. The van der Waals surface area contributed by atoms with Crippen molar-refractivity contribution in [2.45, 2.75) is 13.8 Å². The van der Waals surface area contributed by atoms with E-state index in [-0.39, 0.29) is 18.0 Å². The van der Waals surface area contributed by atoms with Gasteiger partial charge in [0.25, 0.3) is 5.91 Å². The zero-order chi connectivity index (χ0) is 12.8. The minimum absolute atomic E-state index is 0.0556. The number of hydrogen-bond acceptors (Lipinski definition) is 2. The average Bonchev–Trinajstić information content (AvgIpc) is 2.26. The Hall–Kier alpha value is -1.91. The summed E-state index contributed by atoms with van der Waals surface area (Å²) in [5.41, 5.74) is 0.683. The summed E-state index contributed by atoms with van der Waals surface area (Å²) in [6, 6.07) is 4.32. The molecule has 1 aromatic carbocycles. The van der Waals surface area contributed by atoms with Crippen LogP contribution in [0.1, 0.15) is 22.8 Å². The van der Waals surface area contributed by atoms with Crippen LogP contribution < -0.4 is 10.6 Å². The predicted octanol–water partition coefficient (Wildman–Crippen LogP) is 1.00. The van der Waals surface area contributed by atoms with Gasteiger partial charge in [0.2, 0.25) is 5.91 Å². The van der Waals surface area contributed by atoms with Gasteiger partial charge >= 0.3 is 0 Å². The first-order chi connectivity index (χ1) is 8.04. The molecule has 2 N–H and O–H groups in total. The Morgan fingerprint density at radius 2 is 2.00 bits per heavy atom. The van der Waals surface area contributed by atoms with E-state index in [1.54, 1.807) is 19.9 Å². The van der Waals surface area contributed by atoms with E-state index < -0.39 is 11.7 Å². The predicted molar refractivity (Wildman–Crippen MR) is 62.2 cm³/mol. The number of carbonyl (C=O) groups excluding carboxylic acids is 2. The Balaban J connectivity index is 2.61. The third-order valence-electron chi connectivity index (χ3n) is 2.15. The molecule has 0 aliphatic carbocycles. The van der Waals surface area contributed by atoms with Gasteiger partial charge < -0.3 is 10.6 Å². The zero-order valence-electron chi connectivity index (χ0n) is 9.84. The first-order valence-corrected chi connectivity index (χ1v) is 5.35. The molecule has 0 aliphatic rings. The van der Waals surface area contributed by atoms with E-state index in [4.69, 9.17) is 0 Å². The van der Waals surface area contributed by atoms with Crippen LogP contribution in [-0.2, 0) is 4.79 Å². The summed E-state index contributed by atoms with van der Waals surface area (Å²) < 4.78 is 13.4. The van der Waals surface area contributed by atoms with Gasteiger partial charge in [0, 0.05) is 6.54 Å². The van der Waals surface area contributed by atoms with E-state index in [1.807, 2.05) is 0 Å². The largest absolute Gasteiger partial charge is 0.355 e. The highest BCUT2D eigenvalue weighted by atomic mass is 19.1. The van der Waals surface area contributed by atoms with Gasteiger partial charge in [-0.15, -0.1) is 0 Å². The summed E-state index contributed by atoms with van der Waals surface area (Å²) in [5, 5.41) is 4.88. The Morgan fingerprint density at radius 3 is 2.59 bits per heavy atom. The van der Waals surface area contributed by atoms with Crippen LogP contribution in [0.2, 0.25) is 0 Å². The molecule has 0 unspecified atom stereocenters. The van der Waals surface area contributed by atoms with Crippen molar-refractivity contribution in [3.63, 3.8) is 0 Å². The lowest BCUT2D eigenvalue weighted by Crippen LogP contribution is -2.37. The van der Waals surface area contributed by atoms with E-state index in [0.29, 0.717) is 6.54 Å². The first-order valence-electron chi connectivity index (χ1n) is 5.35. The molecular formula is C12H15FN2O2. The van der Waals surface area contributed by atoms with Crippen LogP contribution >= 0.6 is 0 Å². The smallest absolute Gasteiger partial charge is 0.254 e. The van der Waals surface area contributed by atoms with E-state index in [2.05, 4.69) is 10.6 Å². The van der Waals surface area contributed by atoms with E-state index in [0.717, 1.165) is 5.56 Å². The number of amides is 2. The number of rotatable bonds is 4. The molecule has 0 atom stereocenters. The van der Waals surface area contributed by atoms with Crippen LogP contribution in [0.3, 0.4) is 0 Å². The normalized spacial score (nSPS) is 9.82. The molecule has 0 radical (unpaired) electrons. The fraction of sp³-hybridized carbons (Fsp3) is 0.333. The van der Waals surface area contributed by atoms with E-state index in [1.165, 1.54) is 12.1 Å². The van der Waals surface area contributed by atoms with Crippen LogP contribution in [0.25, 0.3) is 0 Å². The maximum atomic E-state index is 13.4. The molecule has 2 amide bonds. The van der Waals surface area contributed by atoms with Crippen molar-refractivity contribution in [2.24, 2.45) is 0 Å². The highest BCUT2D eigenvalue weighted by Gasteiger charge is 2.12. The van der Waals surface area contributed by atoms with Gasteiger partial charge in [-0.25, -0.2) is 4.39 Å². The van der Waals surface area contributed by atoms with E-state index in [9.17, 15) is 14.0 Å². The number of likely N-dealkylation sites (N-methyl/N-ethyl adjacent to an activating group) is 1. The van der Waals surface area contributed by atoms with Crippen LogP contribution in [-0.4, -0.2) is 24.9 Å². The minimum Gasteiger partial charge on any atom is -0.355 e. The number of benzene rings is 1. The van der Waals surface area contributed by atoms with Crippen molar-refractivity contribution in [1.82, 2.24) is 10.6 Å². The quantitative estimate of drug-likeness (QED) is 0.822. The molecule has 0 spiro atoms. The van der Waals surface area contributed by atoms with Gasteiger partial charge in [-0.05, 0) is 31.5 Å². The minimum atomic E-state index is -0.589. The standard InChI is InChI=1S/C12H15FN2O2/c1-3-14-11(16)7-15-12(17)9-5-4-8(2)6-10(9)13/h4-6H,3,7H2,1-2H3,(H,14,16)(H,15,17). The summed E-state index contributed by atoms with van der Waals surface area (Å²) in [6.07, 6.45) is 0. The molecule has 0 heterocycles. The number of hydrogen-bond donors (Lipinski definition) is 2. The Labute approximate surface area is 99.2 Å². The molecule has 0 saturated carbocycles. The molecule has 4 nitrogen and oxygen atoms in total. The third-order valence-corrected chi connectivity index (χ3v) is 2.15. The van der Waals surface area contributed by atoms with Gasteiger partial charge in [0.05, 0.1) is 12.1 Å². The first kappa shape index (κ1) is 13.2. The van der Waals surface area contributed by atoms with Crippen LogP contribution in [0.5, 0.6) is 0 Å². The van der Waals surface area contributed by atoms with E-state index >= 15 is 0 Å². The van der Waals surface area contributed by atoms with Crippen molar-refractivity contribution < 1.29 is 14.0 Å². The van der Waals surface area contributed by atoms with Gasteiger partial charge in [0.1, 0.15) is 5.82 Å². The zero-order valence-corrected chi connectivity index (χ0v) is 9.84. The highest BCUT2D eigenvalue weighted by molar-refractivity contribution is 5.96. The molecule has 0 fully saturated rings. The number of carbonyl (C=O) groups is 2. The van der Waals surface area contributed by atoms with Crippen molar-refractivity contribution >= 4 is 11.8 Å². The molecule has 0 saturated heterocycles. The van der Waals surface area contributed by atoms with Crippen LogP contribution in [0.4, 0.5) is 4.39 Å². The maximum Gasteiger partial charge on any atom is 0.254 e. The maximum absolute atomic E-state index is 13.4. The molecule has 92 valence electrons. The van der Waals surface area contributed by atoms with Gasteiger partial charge in [0.15, 0.2) is 0 Å². The summed E-state index contributed by atoms with van der Waals surface area (Å²) in [7, 11) is 0. The Bertz CT molecular complexity index is 433. The Morgan fingerprint density at radius 1 is 1.29 bits per heavy atom. The van der Waals surface area contributed by atoms with Crippen molar-refractivity contribution in [3.8, 4) is 0 Å². The Kier molecular flexibility index (Phi) is 4.63. The summed E-state index contributed by atoms with van der Waals surface area (Å²) in [5.74, 6) is -1.47. The fourth-order valence-corrected chi connectivity index (χ4v) is 1.32. The molecule has 0 aliphatic heterocycles. The molecule has 1 aromatic rings. The summed E-state index contributed by atoms with van der Waals surface area (Å²) in [4.78, 5) is 22.7. The average molecular weight is 238 g/mol. The van der Waals surface area contributed by atoms with Crippen LogP contribution in [0.15, 0.2) is 18.2 Å². The van der Waals surface area contributed by atoms with Gasteiger partial charge in [-0.2, -0.15) is 0 Å². The monoisotopic (exact) mass is 238 g/mol. The third kappa shape index (κ3) is 3.86. The summed E-state index contributed by atoms with van der Waals surface area (Å²) in [6.45, 7) is 3.85. The second kappa shape index (κ2) is 5.98. The highest BCUT2D eigenvalue weighted by Crippen LogP contribution is 2.09. The van der Waals surface area contributed by atoms with Gasteiger partial charge in [-0.3, -0.25) is 9.59 Å². The number of aryl methyl sites for hydroxylation is 1. The SMILES string of the molecule is CCNC(=O)CNC(=O)c1ccc(C)cc1F. The van der Waals surface area contributed by atoms with Crippen molar-refractivity contribution in [1.29, 1.82) is 0 Å². The number of halogens is 1. The van der Waals surface area contributed by atoms with Crippen molar-refractivity contribution in [3.05, 3.63) is 35.1 Å². The topological polar surface area (TPSA) is 58.2 Å². The second-order valence-electron chi connectivity index (χ2n) is 3.62. The van der Waals surface area contributed by atoms with Gasteiger partial charge in [-0.1, -0.05) is 6.07 Å². The molecule has 5 heteroatoms. The fourth-order valence-electron chi connectivity index (χ4n) is 1.32. The molecule has 1 rings (SSSR count). The molecule has 0 bridgehead atoms. The molecular weight excluding hydrogens is 223 g/mol. The lowest BCUT2D eigenvalue weighted by molar-refractivity contribution is -0.120. The molecule has 17 heavy (non-hydrogen) atoms. The van der Waals surface area contributed by atoms with Crippen molar-refractivity contribution in [2.75, 3.05) is 13.1 Å². The lowest BCUT2D eigenvalue weighted by atomic mass is 10.1. The lowest BCUT2D eigenvalue weighted by Gasteiger charge is -2.06. The summed E-state index contributed by atoms with van der Waals surface area (Å²) >= 11 is 0. The van der Waals surface area contributed by atoms with Crippen LogP contribution in [0, 0.1) is 12.7 Å². The second-order valence-corrected chi connectivity index (χ2v) is 3.62. The number of nitrogens with one attached hydrogen (secondary N) is 2.